The molecule has 9 rings (SSSR count). The van der Waals surface area contributed by atoms with Gasteiger partial charge >= 0.3 is 27.3 Å². The summed E-state index contributed by atoms with van der Waals surface area (Å²) in [7, 11) is -9.89. The van der Waals surface area contributed by atoms with Crippen molar-refractivity contribution in [3.63, 3.8) is 0 Å². The zero-order valence-electron chi connectivity index (χ0n) is 34.1. The number of pyridine rings is 4. The van der Waals surface area contributed by atoms with Gasteiger partial charge < -0.3 is 0 Å². The van der Waals surface area contributed by atoms with Gasteiger partial charge in [-0.2, -0.15) is 0 Å². The van der Waals surface area contributed by atoms with E-state index in [0.717, 1.165) is 83.9 Å². The zero-order chi connectivity index (χ0) is 43.7. The molecule has 4 aromatic heterocycles. The van der Waals surface area contributed by atoms with Crippen molar-refractivity contribution in [3.8, 4) is 0 Å². The van der Waals surface area contributed by atoms with Crippen LogP contribution in [0, 0.1) is 20.5 Å². The Kier molecular flexibility index (Phi) is 16.8. The summed E-state index contributed by atoms with van der Waals surface area (Å²) in [5, 5.41) is 4.67. The van der Waals surface area contributed by atoms with E-state index in [9.17, 15) is 0 Å². The Morgan fingerprint density at radius 1 is 0.365 bits per heavy atom. The summed E-state index contributed by atoms with van der Waals surface area (Å²) in [6.45, 7) is 2.99. The topological polar surface area (TPSA) is 243 Å². The summed E-state index contributed by atoms with van der Waals surface area (Å²) >= 11 is 0. The van der Waals surface area contributed by atoms with Crippen molar-refractivity contribution in [2.75, 3.05) is 0 Å². The Hall–Kier alpha value is -4.38. The molecule has 0 N–H and O–H groups in total. The van der Waals surface area contributed by atoms with E-state index >= 15 is 0 Å². The van der Waals surface area contributed by atoms with E-state index in [0.29, 0.717) is 0 Å². The van der Waals surface area contributed by atoms with Crippen LogP contribution in [0.3, 0.4) is 0 Å². The van der Waals surface area contributed by atoms with Crippen LogP contribution in [-0.4, -0.2) is 41.8 Å². The van der Waals surface area contributed by atoms with Crippen LogP contribution < -0.4 is 37.3 Å². The molecule has 0 spiro atoms. The number of aromatic nitrogens is 4. The zero-order valence-corrected chi connectivity index (χ0v) is 39.6. The molecule has 17 heteroatoms. The van der Waals surface area contributed by atoms with Crippen LogP contribution in [-0.2, 0) is 53.5 Å². The number of rotatable bonds is 10. The molecule has 0 radical (unpaired) electrons. The molecule has 4 aromatic carbocycles. The van der Waals surface area contributed by atoms with E-state index in [1.807, 2.05) is 0 Å². The minimum atomic E-state index is -4.94. The summed E-state index contributed by atoms with van der Waals surface area (Å²) in [5.41, 5.74) is 8.49. The monoisotopic (exact) mass is 990 g/mol. The standard InChI is InChI=1S/C46H42N6.Cd.2ClHO4/c1-5-15-41-33(11-1)21-25-37(47-41)29-51(30-38-26-22-34-12-2-6-16-42(34)48-38)45-19-9-10-20-46(45)52(31-39-27-23-35-13-3-7-17-43(35)49-39)32-40-28-24-36-14-4-8-18-44(36)50-40;;2*2-1(3,4)5/h1-8,11-18,21-28,45-46H,9-10,19-20,29-32H2;;2*(H,2,3,4,5)/q;+2;;/p-2/t45-,46-;;;/m0.../s1. The van der Waals surface area contributed by atoms with Crippen molar-refractivity contribution < 1.29 is 85.1 Å². The molecule has 0 bridgehead atoms. The molecule has 0 aliphatic heterocycles. The first-order chi connectivity index (χ1) is 29.7. The van der Waals surface area contributed by atoms with Crippen LogP contribution in [0.15, 0.2) is 146 Å². The van der Waals surface area contributed by atoms with Crippen LogP contribution in [0.1, 0.15) is 48.5 Å². The fourth-order valence-corrected chi connectivity index (χ4v) is 8.14. The fourth-order valence-electron chi connectivity index (χ4n) is 8.14. The van der Waals surface area contributed by atoms with E-state index in [-0.39, 0.29) is 39.4 Å². The molecule has 1 fully saturated rings. The minimum absolute atomic E-state index is 0. The van der Waals surface area contributed by atoms with Crippen LogP contribution >= 0.6 is 0 Å². The Morgan fingerprint density at radius 3 is 0.825 bits per heavy atom. The van der Waals surface area contributed by atoms with Gasteiger partial charge in [0.1, 0.15) is 0 Å². The van der Waals surface area contributed by atoms with Crippen LogP contribution in [0.5, 0.6) is 0 Å². The predicted molar refractivity (Wildman–Crippen MR) is 212 cm³/mol. The molecule has 320 valence electrons. The summed E-state index contributed by atoms with van der Waals surface area (Å²) < 4.78 is 67.9. The molecule has 0 saturated heterocycles. The van der Waals surface area contributed by atoms with Crippen LogP contribution in [0.25, 0.3) is 43.6 Å². The first kappa shape index (κ1) is 48.1. The summed E-state index contributed by atoms with van der Waals surface area (Å²) in [4.78, 5) is 26.0. The molecular weight excluding hydrogens is 948 g/mol. The molecule has 0 amide bonds. The maximum absolute atomic E-state index is 8.49. The van der Waals surface area contributed by atoms with Crippen LogP contribution in [0.4, 0.5) is 0 Å². The van der Waals surface area contributed by atoms with Crippen molar-refractivity contribution in [1.29, 1.82) is 0 Å². The second-order valence-corrected chi connectivity index (χ2v) is 16.5. The smallest absolute Gasteiger partial charge is 0.287 e. The third-order valence-electron chi connectivity index (χ3n) is 10.7. The minimum Gasteiger partial charge on any atom is -0.287 e. The molecular formula is C46H42CdCl2N6O8. The molecule has 2 atom stereocenters. The van der Waals surface area contributed by atoms with Gasteiger partial charge in [0.05, 0.1) is 44.8 Å². The SMILES string of the molecule is [Cd+2].[O-][Cl+3]([O-])([O-])[O-].[O-][Cl+3]([O-])([O-])[O-].c1ccc2nc(CN(Cc3ccc4ccccc4n3)[C@H]3CCCC[C@@H]3N(Cc3ccc4ccccc4n3)Cc3ccc4ccccc4n3)ccc2c1. The Labute approximate surface area is 388 Å². The number of fused-ring (bicyclic) bond motifs is 4. The average molecular weight is 990 g/mol. The third kappa shape index (κ3) is 14.6. The molecule has 1 saturated carbocycles. The predicted octanol–water partition coefficient (Wildman–Crippen LogP) is 0.381. The average Bonchev–Trinajstić information content (AvgIpc) is 3.24. The van der Waals surface area contributed by atoms with E-state index in [1.54, 1.807) is 0 Å². The van der Waals surface area contributed by atoms with E-state index < -0.39 is 20.5 Å². The number of hydrogen-bond donors (Lipinski definition) is 0. The molecule has 8 aromatic rings. The van der Waals surface area contributed by atoms with E-state index in [4.69, 9.17) is 57.2 Å². The Balaban J connectivity index is 0.000000543. The fraction of sp³-hybridized carbons (Fsp3) is 0.217. The number of para-hydroxylation sites is 4. The number of nitrogens with zero attached hydrogens (tertiary/aromatic N) is 6. The van der Waals surface area contributed by atoms with E-state index in [1.165, 1.54) is 34.4 Å². The van der Waals surface area contributed by atoms with Crippen molar-refractivity contribution in [2.45, 2.75) is 63.9 Å². The normalized spacial score (nSPS) is 15.5. The number of halogens is 2. The van der Waals surface area contributed by atoms with Crippen molar-refractivity contribution in [1.82, 2.24) is 29.7 Å². The van der Waals surface area contributed by atoms with Crippen molar-refractivity contribution in [2.24, 2.45) is 0 Å². The van der Waals surface area contributed by atoms with Gasteiger partial charge in [-0.3, -0.25) is 29.7 Å². The van der Waals surface area contributed by atoms with Crippen molar-refractivity contribution in [3.05, 3.63) is 168 Å². The maximum Gasteiger partial charge on any atom is 2.00 e. The Morgan fingerprint density at radius 2 is 0.587 bits per heavy atom. The van der Waals surface area contributed by atoms with Crippen LogP contribution in [0.2, 0.25) is 0 Å². The molecule has 14 nitrogen and oxygen atoms in total. The molecule has 1 aliphatic carbocycles. The molecule has 0 unspecified atom stereocenters. The van der Waals surface area contributed by atoms with Gasteiger partial charge in [0, 0.05) is 59.8 Å². The Bertz CT molecular complexity index is 2380. The van der Waals surface area contributed by atoms with Gasteiger partial charge in [0.25, 0.3) is 0 Å². The van der Waals surface area contributed by atoms with Gasteiger partial charge in [-0.25, -0.2) is 37.3 Å². The third-order valence-corrected chi connectivity index (χ3v) is 10.7. The van der Waals surface area contributed by atoms with Gasteiger partial charge in [-0.05, 0) is 61.4 Å². The van der Waals surface area contributed by atoms with Gasteiger partial charge in [0.15, 0.2) is 0 Å². The second kappa shape index (κ2) is 22.0. The van der Waals surface area contributed by atoms with E-state index in [2.05, 4.69) is 155 Å². The van der Waals surface area contributed by atoms with Gasteiger partial charge in [-0.1, -0.05) is 110 Å². The largest absolute Gasteiger partial charge is 2.00 e. The summed E-state index contributed by atoms with van der Waals surface area (Å²) in [6, 6.07) is 51.9. The first-order valence-electron chi connectivity index (χ1n) is 19.8. The quantitative estimate of drug-likeness (QED) is 0.168. The molecule has 1 aliphatic rings. The maximum atomic E-state index is 8.49. The number of hydrogen-bond acceptors (Lipinski definition) is 14. The molecule has 63 heavy (non-hydrogen) atoms. The molecule has 4 heterocycles. The van der Waals surface area contributed by atoms with Gasteiger partial charge in [0.2, 0.25) is 0 Å². The number of benzene rings is 4. The first-order valence-corrected chi connectivity index (χ1v) is 22.3. The summed E-state index contributed by atoms with van der Waals surface area (Å²) in [6.07, 6.45) is 4.62. The second-order valence-electron chi connectivity index (χ2n) is 15.0. The van der Waals surface area contributed by atoms with Gasteiger partial charge in [-0.15, -0.1) is 20.5 Å². The summed E-state index contributed by atoms with van der Waals surface area (Å²) in [5.74, 6) is 0. The van der Waals surface area contributed by atoms with Crippen molar-refractivity contribution >= 4 is 43.6 Å².